The van der Waals surface area contributed by atoms with E-state index in [0.29, 0.717) is 0 Å². The minimum atomic E-state index is -1.61. The molecule has 168 valence electrons. The molecule has 3 aliphatic rings. The van der Waals surface area contributed by atoms with Crippen molar-refractivity contribution in [3.05, 3.63) is 42.0 Å². The Morgan fingerprint density at radius 1 is 1.06 bits per heavy atom. The predicted molar refractivity (Wildman–Crippen MR) is 106 cm³/mol. The van der Waals surface area contributed by atoms with Crippen LogP contribution in [-0.2, 0) is 38.1 Å². The summed E-state index contributed by atoms with van der Waals surface area (Å²) in [6.45, 7) is 4.17. The van der Waals surface area contributed by atoms with Crippen LogP contribution in [0.1, 0.15) is 31.1 Å². The second kappa shape index (κ2) is 7.86. The molecule has 10 heteroatoms. The smallest absolute Gasteiger partial charge is 0.338 e. The molecular formula is C22H21NO9. The molecule has 0 spiro atoms. The van der Waals surface area contributed by atoms with Crippen LogP contribution >= 0.6 is 0 Å². The van der Waals surface area contributed by atoms with Crippen LogP contribution < -0.4 is 4.90 Å². The van der Waals surface area contributed by atoms with Gasteiger partial charge in [0.25, 0.3) is 6.29 Å². The molecule has 3 heterocycles. The van der Waals surface area contributed by atoms with Crippen LogP contribution in [0, 0.1) is 11.8 Å². The summed E-state index contributed by atoms with van der Waals surface area (Å²) in [4.78, 5) is 62.8. The van der Waals surface area contributed by atoms with E-state index in [0.717, 1.165) is 18.7 Å². The molecule has 1 aromatic carbocycles. The second-order valence-corrected chi connectivity index (χ2v) is 7.63. The molecule has 0 radical (unpaired) electrons. The molecule has 2 saturated heterocycles. The Morgan fingerprint density at radius 2 is 1.69 bits per heavy atom. The summed E-state index contributed by atoms with van der Waals surface area (Å²) in [6, 6.07) is 5.87. The van der Waals surface area contributed by atoms with Crippen molar-refractivity contribution in [2.24, 2.45) is 11.8 Å². The highest BCUT2D eigenvalue weighted by Gasteiger charge is 2.72. The quantitative estimate of drug-likeness (QED) is 0.275. The average Bonchev–Trinajstić information content (AvgIpc) is 3.38. The van der Waals surface area contributed by atoms with E-state index >= 15 is 0 Å². The Morgan fingerprint density at radius 3 is 2.25 bits per heavy atom. The highest BCUT2D eigenvalue weighted by Crippen LogP contribution is 2.54. The van der Waals surface area contributed by atoms with Crippen molar-refractivity contribution in [3.8, 4) is 0 Å². The van der Waals surface area contributed by atoms with Gasteiger partial charge in [-0.15, -0.1) is 0 Å². The van der Waals surface area contributed by atoms with Gasteiger partial charge >= 0.3 is 17.9 Å². The summed E-state index contributed by atoms with van der Waals surface area (Å²) in [6.07, 6.45) is 0.832. The van der Waals surface area contributed by atoms with E-state index in [-0.39, 0.29) is 17.9 Å². The molecule has 2 fully saturated rings. The zero-order chi connectivity index (χ0) is 23.2. The normalized spacial score (nSPS) is 27.6. The van der Waals surface area contributed by atoms with E-state index in [1.165, 1.54) is 30.3 Å². The van der Waals surface area contributed by atoms with Crippen LogP contribution in [0.5, 0.6) is 0 Å². The maximum absolute atomic E-state index is 13.4. The van der Waals surface area contributed by atoms with Gasteiger partial charge in [0.2, 0.25) is 11.8 Å². The van der Waals surface area contributed by atoms with Gasteiger partial charge in [-0.1, -0.05) is 6.08 Å². The van der Waals surface area contributed by atoms with E-state index < -0.39 is 59.6 Å². The number of carbonyl (C=O) groups excluding carboxylic acids is 5. The van der Waals surface area contributed by atoms with Gasteiger partial charge in [0.05, 0.1) is 35.8 Å². The third-order valence-electron chi connectivity index (χ3n) is 5.63. The van der Waals surface area contributed by atoms with Crippen LogP contribution in [0.3, 0.4) is 0 Å². The maximum atomic E-state index is 13.4. The highest BCUT2D eigenvalue weighted by atomic mass is 16.7. The number of ether oxygens (including phenoxy) is 4. The average molecular weight is 443 g/mol. The minimum absolute atomic E-state index is 0.218. The zero-order valence-electron chi connectivity index (χ0n) is 17.6. The van der Waals surface area contributed by atoms with E-state index in [2.05, 4.69) is 0 Å². The van der Waals surface area contributed by atoms with Crippen molar-refractivity contribution in [1.82, 2.24) is 0 Å². The van der Waals surface area contributed by atoms with E-state index in [4.69, 9.17) is 18.9 Å². The van der Waals surface area contributed by atoms with Gasteiger partial charge in [0.15, 0.2) is 5.60 Å². The Bertz CT molecular complexity index is 1010. The molecule has 2 bridgehead atoms. The number of esters is 3. The molecule has 3 aliphatic heterocycles. The minimum Gasteiger partial charge on any atom is -0.462 e. The number of imide groups is 1. The van der Waals surface area contributed by atoms with E-state index in [1.54, 1.807) is 13.0 Å². The van der Waals surface area contributed by atoms with Crippen molar-refractivity contribution in [2.75, 3.05) is 11.5 Å². The Hall–Kier alpha value is -3.53. The number of anilines is 1. The van der Waals surface area contributed by atoms with Crippen LogP contribution in [-0.4, -0.2) is 54.3 Å². The van der Waals surface area contributed by atoms with Gasteiger partial charge in [-0.25, -0.2) is 9.69 Å². The molecule has 0 N–H and O–H groups in total. The fourth-order valence-electron chi connectivity index (χ4n) is 4.43. The molecule has 4 atom stereocenters. The van der Waals surface area contributed by atoms with E-state index in [1.807, 2.05) is 0 Å². The molecular weight excluding hydrogens is 422 g/mol. The van der Waals surface area contributed by atoms with Crippen molar-refractivity contribution < 1.29 is 42.9 Å². The summed E-state index contributed by atoms with van der Waals surface area (Å²) in [5.74, 6) is -5.00. The summed E-state index contributed by atoms with van der Waals surface area (Å²) in [7, 11) is 0. The van der Waals surface area contributed by atoms with Crippen molar-refractivity contribution in [2.45, 2.75) is 38.8 Å². The molecule has 0 aliphatic carbocycles. The molecule has 32 heavy (non-hydrogen) atoms. The number of rotatable bonds is 6. The molecule has 0 aromatic heterocycles. The first kappa shape index (κ1) is 21.7. The van der Waals surface area contributed by atoms with Crippen LogP contribution in [0.15, 0.2) is 36.4 Å². The Kier molecular flexibility index (Phi) is 5.33. The summed E-state index contributed by atoms with van der Waals surface area (Å²) >= 11 is 0. The number of hydrogen-bond donors (Lipinski definition) is 0. The number of benzene rings is 1. The molecule has 4 rings (SSSR count). The molecule has 1 aromatic rings. The van der Waals surface area contributed by atoms with Crippen molar-refractivity contribution in [1.29, 1.82) is 0 Å². The van der Waals surface area contributed by atoms with Gasteiger partial charge in [-0.2, -0.15) is 0 Å². The molecule has 2 amide bonds. The van der Waals surface area contributed by atoms with Gasteiger partial charge in [-0.05, 0) is 37.3 Å². The number of fused-ring (bicyclic) bond motifs is 5. The summed E-state index contributed by atoms with van der Waals surface area (Å²) in [5, 5.41) is 0. The predicted octanol–water partition coefficient (Wildman–Crippen LogP) is 1.13. The number of amides is 2. The Labute approximate surface area is 183 Å². The first-order valence-corrected chi connectivity index (χ1v) is 10.1. The van der Waals surface area contributed by atoms with Gasteiger partial charge < -0.3 is 18.9 Å². The lowest BCUT2D eigenvalue weighted by atomic mass is 9.76. The number of nitrogens with zero attached hydrogens (tertiary/aromatic N) is 1. The van der Waals surface area contributed by atoms with Crippen LogP contribution in [0.2, 0.25) is 0 Å². The lowest BCUT2D eigenvalue weighted by Crippen LogP contribution is -2.52. The monoisotopic (exact) mass is 443 g/mol. The highest BCUT2D eigenvalue weighted by molar-refractivity contribution is 6.23. The maximum Gasteiger partial charge on any atom is 0.338 e. The molecule has 10 nitrogen and oxygen atoms in total. The van der Waals surface area contributed by atoms with Crippen LogP contribution in [0.4, 0.5) is 5.69 Å². The first-order valence-electron chi connectivity index (χ1n) is 10.1. The first-order chi connectivity index (χ1) is 15.2. The SMILES string of the molecule is CCOC(=O)c1ccc(N2C(=O)C3C4C=CC(C(OC(C)=O)OC(C)=O)(O4)C3C2=O)cc1. The fraction of sp³-hybridized carbons (Fsp3) is 0.409. The molecule has 0 saturated carbocycles. The van der Waals surface area contributed by atoms with Gasteiger partial charge in [0.1, 0.15) is 0 Å². The van der Waals surface area contributed by atoms with E-state index in [9.17, 15) is 24.0 Å². The van der Waals surface area contributed by atoms with Crippen LogP contribution in [0.25, 0.3) is 0 Å². The van der Waals surface area contributed by atoms with Crippen molar-refractivity contribution in [3.63, 3.8) is 0 Å². The summed E-state index contributed by atoms with van der Waals surface area (Å²) < 4.78 is 21.2. The largest absolute Gasteiger partial charge is 0.462 e. The standard InChI is InChI=1S/C22H21NO9/c1-4-29-20(28)13-5-7-14(8-6-13)23-18(26)16-15-9-10-22(32-15,17(16)19(23)27)21(30-11(2)24)31-12(3)25/h5-10,15-17,21H,4H2,1-3H3. The zero-order valence-corrected chi connectivity index (χ0v) is 17.6. The molecule has 4 unspecified atom stereocenters. The van der Waals surface area contributed by atoms with Gasteiger partial charge in [0, 0.05) is 13.8 Å². The number of carbonyl (C=O) groups is 5. The lowest BCUT2D eigenvalue weighted by Gasteiger charge is -2.34. The Balaban J connectivity index is 1.66. The summed E-state index contributed by atoms with van der Waals surface area (Å²) in [5.41, 5.74) is -1.06. The third kappa shape index (κ3) is 3.27. The van der Waals surface area contributed by atoms with Crippen molar-refractivity contribution >= 4 is 35.4 Å². The topological polar surface area (TPSA) is 126 Å². The second-order valence-electron chi connectivity index (χ2n) is 7.63. The van der Waals surface area contributed by atoms with Gasteiger partial charge in [-0.3, -0.25) is 19.2 Å². The fourth-order valence-corrected chi connectivity index (χ4v) is 4.43. The third-order valence-corrected chi connectivity index (χ3v) is 5.63. The number of hydrogen-bond acceptors (Lipinski definition) is 9. The lowest BCUT2D eigenvalue weighted by molar-refractivity contribution is -0.226.